The van der Waals surface area contributed by atoms with Crippen molar-refractivity contribution in [2.24, 2.45) is 0 Å². The van der Waals surface area contributed by atoms with E-state index in [2.05, 4.69) is 20.4 Å². The first-order chi connectivity index (χ1) is 14.0. The van der Waals surface area contributed by atoms with Gasteiger partial charge in [-0.25, -0.2) is 0 Å². The summed E-state index contributed by atoms with van der Waals surface area (Å²) in [4.78, 5) is 31.7. The van der Waals surface area contributed by atoms with E-state index in [1.807, 2.05) is 56.3 Å². The SMILES string of the molecule is Cc1cccc(NC(=O)CCc2nc(-c3cc4ccc(C)cc4[nH]c3=O)no2)c1. The topological polar surface area (TPSA) is 101 Å². The average molecular weight is 388 g/mol. The lowest BCUT2D eigenvalue weighted by molar-refractivity contribution is -0.116. The zero-order valence-corrected chi connectivity index (χ0v) is 16.2. The van der Waals surface area contributed by atoms with Crippen molar-refractivity contribution in [3.63, 3.8) is 0 Å². The van der Waals surface area contributed by atoms with E-state index in [1.54, 1.807) is 6.07 Å². The standard InChI is InChI=1S/C22H20N4O3/c1-13-4-3-5-16(10-13)23-19(27)8-9-20-25-21(26-29-20)17-12-15-7-6-14(2)11-18(15)24-22(17)28/h3-7,10-12H,8-9H2,1-2H3,(H,23,27)(H,24,28). The van der Waals surface area contributed by atoms with E-state index < -0.39 is 0 Å². The number of carbonyl (C=O) groups excluding carboxylic acids is 1. The molecule has 0 fully saturated rings. The van der Waals surface area contributed by atoms with E-state index in [0.29, 0.717) is 11.5 Å². The Morgan fingerprint density at radius 2 is 1.93 bits per heavy atom. The van der Waals surface area contributed by atoms with Gasteiger partial charge in [0, 0.05) is 24.0 Å². The number of amides is 1. The van der Waals surface area contributed by atoms with Crippen LogP contribution in [0.5, 0.6) is 0 Å². The molecule has 0 radical (unpaired) electrons. The summed E-state index contributed by atoms with van der Waals surface area (Å²) < 4.78 is 5.23. The maximum atomic E-state index is 12.4. The molecule has 0 spiro atoms. The van der Waals surface area contributed by atoms with Crippen LogP contribution in [-0.2, 0) is 11.2 Å². The maximum Gasteiger partial charge on any atom is 0.259 e. The molecule has 0 aliphatic heterocycles. The predicted molar refractivity (Wildman–Crippen MR) is 111 cm³/mol. The van der Waals surface area contributed by atoms with Crippen LogP contribution in [0.25, 0.3) is 22.3 Å². The van der Waals surface area contributed by atoms with Crippen LogP contribution in [-0.4, -0.2) is 21.0 Å². The number of carbonyl (C=O) groups is 1. The molecule has 2 heterocycles. The van der Waals surface area contributed by atoms with Crippen LogP contribution in [0.4, 0.5) is 5.69 Å². The van der Waals surface area contributed by atoms with Crippen molar-refractivity contribution in [3.05, 3.63) is 75.9 Å². The number of nitrogens with zero attached hydrogens (tertiary/aromatic N) is 2. The molecule has 146 valence electrons. The first-order valence-electron chi connectivity index (χ1n) is 9.31. The Hall–Kier alpha value is -3.74. The number of pyridine rings is 1. The number of nitrogens with one attached hydrogen (secondary N) is 2. The van der Waals surface area contributed by atoms with Gasteiger partial charge >= 0.3 is 0 Å². The monoisotopic (exact) mass is 388 g/mol. The molecular formula is C22H20N4O3. The minimum Gasteiger partial charge on any atom is -0.339 e. The molecule has 2 aromatic heterocycles. The molecule has 29 heavy (non-hydrogen) atoms. The Bertz CT molecular complexity index is 1260. The number of benzene rings is 2. The Balaban J connectivity index is 1.46. The van der Waals surface area contributed by atoms with Crippen LogP contribution in [0.15, 0.2) is 57.8 Å². The van der Waals surface area contributed by atoms with Gasteiger partial charge in [-0.1, -0.05) is 29.4 Å². The second-order valence-corrected chi connectivity index (χ2v) is 7.03. The summed E-state index contributed by atoms with van der Waals surface area (Å²) in [5.74, 6) is 0.375. The molecule has 0 unspecified atom stereocenters. The summed E-state index contributed by atoms with van der Waals surface area (Å²) in [6.07, 6.45) is 0.484. The Morgan fingerprint density at radius 1 is 1.10 bits per heavy atom. The maximum absolute atomic E-state index is 12.4. The predicted octanol–water partition coefficient (Wildman–Crippen LogP) is 3.77. The lowest BCUT2D eigenvalue weighted by Crippen LogP contribution is -2.12. The van der Waals surface area contributed by atoms with Crippen molar-refractivity contribution in [3.8, 4) is 11.4 Å². The molecule has 4 aromatic rings. The van der Waals surface area contributed by atoms with Crippen molar-refractivity contribution in [2.75, 3.05) is 5.32 Å². The minimum atomic E-state index is -0.285. The number of hydrogen-bond acceptors (Lipinski definition) is 5. The van der Waals surface area contributed by atoms with Crippen LogP contribution in [0.3, 0.4) is 0 Å². The highest BCUT2D eigenvalue weighted by molar-refractivity contribution is 5.90. The largest absolute Gasteiger partial charge is 0.339 e. The number of aromatic nitrogens is 3. The molecule has 0 aliphatic carbocycles. The van der Waals surface area contributed by atoms with Crippen molar-refractivity contribution in [2.45, 2.75) is 26.7 Å². The van der Waals surface area contributed by atoms with Gasteiger partial charge in [0.15, 0.2) is 0 Å². The van der Waals surface area contributed by atoms with Gasteiger partial charge in [0.05, 0.1) is 5.56 Å². The lowest BCUT2D eigenvalue weighted by Gasteiger charge is -2.04. The third kappa shape index (κ3) is 4.24. The fourth-order valence-electron chi connectivity index (χ4n) is 3.11. The number of H-pyrrole nitrogens is 1. The normalized spacial score (nSPS) is 11.0. The zero-order valence-electron chi connectivity index (χ0n) is 16.2. The summed E-state index contributed by atoms with van der Waals surface area (Å²) in [6.45, 7) is 3.93. The Kier molecular flexibility index (Phi) is 4.95. The number of aromatic amines is 1. The molecule has 2 N–H and O–H groups in total. The molecule has 0 saturated heterocycles. The molecule has 0 aliphatic rings. The Morgan fingerprint density at radius 3 is 2.76 bits per heavy atom. The van der Waals surface area contributed by atoms with Gasteiger partial charge in [-0.3, -0.25) is 9.59 Å². The number of anilines is 1. The summed E-state index contributed by atoms with van der Waals surface area (Å²) in [5.41, 5.74) is 3.69. The van der Waals surface area contributed by atoms with Gasteiger partial charge in [-0.15, -0.1) is 0 Å². The van der Waals surface area contributed by atoms with E-state index in [0.717, 1.165) is 27.7 Å². The number of fused-ring (bicyclic) bond motifs is 1. The van der Waals surface area contributed by atoms with Gasteiger partial charge in [-0.2, -0.15) is 4.98 Å². The van der Waals surface area contributed by atoms with Crippen molar-refractivity contribution >= 4 is 22.5 Å². The first-order valence-corrected chi connectivity index (χ1v) is 9.31. The molecule has 2 aromatic carbocycles. The molecular weight excluding hydrogens is 368 g/mol. The minimum absolute atomic E-state index is 0.144. The third-order valence-corrected chi connectivity index (χ3v) is 4.58. The van der Waals surface area contributed by atoms with Crippen LogP contribution >= 0.6 is 0 Å². The fraction of sp³-hybridized carbons (Fsp3) is 0.182. The van der Waals surface area contributed by atoms with Crippen LogP contribution < -0.4 is 10.9 Å². The van der Waals surface area contributed by atoms with E-state index in [1.165, 1.54) is 0 Å². The van der Waals surface area contributed by atoms with Gasteiger partial charge in [0.25, 0.3) is 5.56 Å². The molecule has 4 rings (SSSR count). The van der Waals surface area contributed by atoms with E-state index in [9.17, 15) is 9.59 Å². The number of aryl methyl sites for hydroxylation is 3. The van der Waals surface area contributed by atoms with Gasteiger partial charge in [0.1, 0.15) is 0 Å². The quantitative estimate of drug-likeness (QED) is 0.542. The summed E-state index contributed by atoms with van der Waals surface area (Å²) >= 11 is 0. The molecule has 7 heteroatoms. The smallest absolute Gasteiger partial charge is 0.259 e. The average Bonchev–Trinajstić information content (AvgIpc) is 3.14. The van der Waals surface area contributed by atoms with Crippen LogP contribution in [0, 0.1) is 13.8 Å². The highest BCUT2D eigenvalue weighted by atomic mass is 16.5. The van der Waals surface area contributed by atoms with E-state index in [4.69, 9.17) is 4.52 Å². The molecule has 0 atom stereocenters. The van der Waals surface area contributed by atoms with E-state index >= 15 is 0 Å². The Labute approximate surface area is 166 Å². The fourth-order valence-corrected chi connectivity index (χ4v) is 3.11. The second kappa shape index (κ2) is 7.71. The molecule has 0 saturated carbocycles. The number of rotatable bonds is 5. The van der Waals surface area contributed by atoms with Crippen LogP contribution in [0.1, 0.15) is 23.4 Å². The van der Waals surface area contributed by atoms with Gasteiger partial charge in [-0.05, 0) is 54.6 Å². The molecule has 0 bridgehead atoms. The van der Waals surface area contributed by atoms with Crippen LogP contribution in [0.2, 0.25) is 0 Å². The molecule has 1 amide bonds. The molecule has 7 nitrogen and oxygen atoms in total. The van der Waals surface area contributed by atoms with Crippen molar-refractivity contribution < 1.29 is 9.32 Å². The van der Waals surface area contributed by atoms with Crippen molar-refractivity contribution in [1.29, 1.82) is 0 Å². The highest BCUT2D eigenvalue weighted by Gasteiger charge is 2.14. The lowest BCUT2D eigenvalue weighted by atomic mass is 10.1. The zero-order chi connectivity index (χ0) is 20.4. The van der Waals surface area contributed by atoms with Gasteiger partial charge in [0.2, 0.25) is 17.6 Å². The second-order valence-electron chi connectivity index (χ2n) is 7.03. The van der Waals surface area contributed by atoms with Gasteiger partial charge < -0.3 is 14.8 Å². The van der Waals surface area contributed by atoms with Crippen molar-refractivity contribution in [1.82, 2.24) is 15.1 Å². The first kappa shape index (κ1) is 18.6. The third-order valence-electron chi connectivity index (χ3n) is 4.58. The summed E-state index contributed by atoms with van der Waals surface area (Å²) in [5, 5.41) is 7.63. The summed E-state index contributed by atoms with van der Waals surface area (Å²) in [6, 6.07) is 15.1. The van der Waals surface area contributed by atoms with E-state index in [-0.39, 0.29) is 30.1 Å². The summed E-state index contributed by atoms with van der Waals surface area (Å²) in [7, 11) is 0. The highest BCUT2D eigenvalue weighted by Crippen LogP contribution is 2.19. The number of hydrogen-bond donors (Lipinski definition) is 2.